The number of hydrogen-bond donors (Lipinski definition) is 1. The molecule has 3 aromatic carbocycles. The van der Waals surface area contributed by atoms with Crippen LogP contribution in [0.4, 0.5) is 20.6 Å². The lowest BCUT2D eigenvalue weighted by molar-refractivity contribution is 0.209. The zero-order valence-electron chi connectivity index (χ0n) is 20.8. The lowest BCUT2D eigenvalue weighted by Gasteiger charge is -2.33. The second kappa shape index (κ2) is 10.5. The number of amides is 2. The number of ether oxygens (including phenoxy) is 1. The molecular formula is C30H32ClFN2O2. The fraction of sp³-hybridized carbons (Fsp3) is 0.367. The minimum Gasteiger partial charge on any atom is -0.487 e. The van der Waals surface area contributed by atoms with Crippen molar-refractivity contribution in [2.24, 2.45) is 5.92 Å². The van der Waals surface area contributed by atoms with E-state index in [4.69, 9.17) is 16.3 Å². The van der Waals surface area contributed by atoms with Crippen LogP contribution in [-0.4, -0.2) is 18.7 Å². The van der Waals surface area contributed by atoms with Crippen molar-refractivity contribution in [3.63, 3.8) is 0 Å². The highest BCUT2D eigenvalue weighted by Crippen LogP contribution is 2.40. The van der Waals surface area contributed by atoms with Crippen LogP contribution >= 0.6 is 11.6 Å². The maximum atomic E-state index is 14.2. The Balaban J connectivity index is 1.33. The summed E-state index contributed by atoms with van der Waals surface area (Å²) < 4.78 is 20.3. The average molecular weight is 507 g/mol. The molecule has 4 nitrogen and oxygen atoms in total. The highest BCUT2D eigenvalue weighted by molar-refractivity contribution is 6.30. The SMILES string of the molecule is CCC1CCC(c2ccc(-c3ccc4c(c3)OC(C)CN4C(=O)Nc3ccc(Cl)cc3F)cc2)CC1. The van der Waals surface area contributed by atoms with E-state index in [0.717, 1.165) is 17.0 Å². The second-order valence-corrected chi connectivity index (χ2v) is 10.5. The van der Waals surface area contributed by atoms with E-state index in [9.17, 15) is 9.18 Å². The molecule has 0 spiro atoms. The summed E-state index contributed by atoms with van der Waals surface area (Å²) in [6.45, 7) is 4.58. The summed E-state index contributed by atoms with van der Waals surface area (Å²) in [5.74, 6) is 1.62. The largest absolute Gasteiger partial charge is 0.487 e. The summed E-state index contributed by atoms with van der Waals surface area (Å²) in [6.07, 6.45) is 6.31. The molecule has 188 valence electrons. The van der Waals surface area contributed by atoms with Crippen LogP contribution in [0.2, 0.25) is 5.02 Å². The molecule has 1 saturated carbocycles. The molecule has 0 radical (unpaired) electrons. The molecule has 2 aliphatic rings. The van der Waals surface area contributed by atoms with Crippen molar-refractivity contribution in [3.8, 4) is 16.9 Å². The van der Waals surface area contributed by atoms with Crippen molar-refractivity contribution in [1.29, 1.82) is 0 Å². The van der Waals surface area contributed by atoms with Crippen molar-refractivity contribution in [2.45, 2.75) is 58.0 Å². The van der Waals surface area contributed by atoms with E-state index in [-0.39, 0.29) is 16.8 Å². The molecule has 3 aromatic rings. The van der Waals surface area contributed by atoms with Gasteiger partial charge in [0.25, 0.3) is 0 Å². The minimum absolute atomic E-state index is 0.0879. The molecule has 1 heterocycles. The van der Waals surface area contributed by atoms with Crippen LogP contribution in [-0.2, 0) is 0 Å². The number of fused-ring (bicyclic) bond motifs is 1. The Bertz CT molecular complexity index is 1240. The Labute approximate surface area is 217 Å². The number of benzene rings is 3. The van der Waals surface area contributed by atoms with E-state index in [1.54, 1.807) is 11.0 Å². The molecule has 1 aliphatic carbocycles. The molecule has 0 saturated heterocycles. The molecule has 1 fully saturated rings. The first-order valence-electron chi connectivity index (χ1n) is 12.9. The van der Waals surface area contributed by atoms with Crippen LogP contribution < -0.4 is 15.0 Å². The summed E-state index contributed by atoms with van der Waals surface area (Å²) in [5, 5.41) is 2.93. The first-order chi connectivity index (χ1) is 17.4. The van der Waals surface area contributed by atoms with Crippen LogP contribution in [0.15, 0.2) is 60.7 Å². The molecule has 36 heavy (non-hydrogen) atoms. The van der Waals surface area contributed by atoms with Crippen LogP contribution in [0.3, 0.4) is 0 Å². The van der Waals surface area contributed by atoms with Crippen molar-refractivity contribution in [1.82, 2.24) is 0 Å². The Morgan fingerprint density at radius 2 is 1.75 bits per heavy atom. The van der Waals surface area contributed by atoms with Crippen LogP contribution in [0.1, 0.15) is 57.4 Å². The quantitative estimate of drug-likeness (QED) is 0.384. The van der Waals surface area contributed by atoms with Crippen molar-refractivity contribution < 1.29 is 13.9 Å². The zero-order valence-corrected chi connectivity index (χ0v) is 21.5. The molecule has 1 N–H and O–H groups in total. The van der Waals surface area contributed by atoms with Gasteiger partial charge in [0, 0.05) is 5.02 Å². The maximum absolute atomic E-state index is 14.2. The predicted molar refractivity (Wildman–Crippen MR) is 145 cm³/mol. The number of halogens is 2. The zero-order chi connectivity index (χ0) is 25.2. The van der Waals surface area contributed by atoms with E-state index in [0.29, 0.717) is 23.9 Å². The third kappa shape index (κ3) is 5.22. The molecule has 1 aliphatic heterocycles. The molecule has 0 bridgehead atoms. The number of anilines is 2. The monoisotopic (exact) mass is 506 g/mol. The number of nitrogens with one attached hydrogen (secondary N) is 1. The van der Waals surface area contributed by atoms with E-state index >= 15 is 0 Å². The average Bonchev–Trinajstić information content (AvgIpc) is 2.89. The Morgan fingerprint density at radius 1 is 1.03 bits per heavy atom. The normalized spacial score (nSPS) is 21.4. The van der Waals surface area contributed by atoms with E-state index in [1.165, 1.54) is 49.8 Å². The smallest absolute Gasteiger partial charge is 0.326 e. The number of carbonyl (C=O) groups excluding carboxylic acids is 1. The molecule has 2 amide bonds. The number of carbonyl (C=O) groups is 1. The first-order valence-corrected chi connectivity index (χ1v) is 13.2. The lowest BCUT2D eigenvalue weighted by atomic mass is 9.77. The number of hydrogen-bond acceptors (Lipinski definition) is 2. The van der Waals surface area contributed by atoms with Crippen molar-refractivity contribution in [3.05, 3.63) is 77.1 Å². The Morgan fingerprint density at radius 3 is 2.44 bits per heavy atom. The van der Waals surface area contributed by atoms with Gasteiger partial charge in [-0.05, 0) is 91.5 Å². The van der Waals surface area contributed by atoms with Gasteiger partial charge in [0.2, 0.25) is 0 Å². The van der Waals surface area contributed by atoms with Gasteiger partial charge in [-0.3, -0.25) is 4.90 Å². The van der Waals surface area contributed by atoms with Gasteiger partial charge < -0.3 is 10.1 Å². The first kappa shape index (κ1) is 24.6. The summed E-state index contributed by atoms with van der Waals surface area (Å²) in [4.78, 5) is 14.6. The topological polar surface area (TPSA) is 41.6 Å². The second-order valence-electron chi connectivity index (χ2n) is 10.0. The van der Waals surface area contributed by atoms with Crippen LogP contribution in [0.25, 0.3) is 11.1 Å². The van der Waals surface area contributed by atoms with Gasteiger partial charge in [-0.15, -0.1) is 0 Å². The predicted octanol–water partition coefficient (Wildman–Crippen LogP) is 8.65. The van der Waals surface area contributed by atoms with Gasteiger partial charge in [-0.25, -0.2) is 9.18 Å². The van der Waals surface area contributed by atoms with E-state index in [1.807, 2.05) is 25.1 Å². The summed E-state index contributed by atoms with van der Waals surface area (Å²) in [7, 11) is 0. The van der Waals surface area contributed by atoms with Gasteiger partial charge in [0.05, 0.1) is 17.9 Å². The third-order valence-electron chi connectivity index (χ3n) is 7.58. The highest BCUT2D eigenvalue weighted by atomic mass is 35.5. The minimum atomic E-state index is -0.574. The van der Waals surface area contributed by atoms with Crippen LogP contribution in [0, 0.1) is 11.7 Å². The van der Waals surface area contributed by atoms with E-state index < -0.39 is 11.8 Å². The molecule has 1 atom stereocenters. The molecule has 0 aromatic heterocycles. The Hall–Kier alpha value is -3.05. The summed E-state index contributed by atoms with van der Waals surface area (Å²) in [5.41, 5.74) is 4.32. The van der Waals surface area contributed by atoms with Crippen molar-refractivity contribution in [2.75, 3.05) is 16.8 Å². The lowest BCUT2D eigenvalue weighted by Crippen LogP contribution is -2.44. The summed E-state index contributed by atoms with van der Waals surface area (Å²) >= 11 is 5.83. The highest BCUT2D eigenvalue weighted by Gasteiger charge is 2.29. The molecule has 1 unspecified atom stereocenters. The number of rotatable bonds is 4. The Kier molecular flexibility index (Phi) is 7.20. The molecular weight excluding hydrogens is 475 g/mol. The van der Waals surface area contributed by atoms with Gasteiger partial charge in [-0.1, -0.05) is 55.3 Å². The van der Waals surface area contributed by atoms with Gasteiger partial charge in [-0.2, -0.15) is 0 Å². The van der Waals surface area contributed by atoms with Gasteiger partial charge in [0.1, 0.15) is 17.7 Å². The van der Waals surface area contributed by atoms with Gasteiger partial charge in [0.15, 0.2) is 0 Å². The van der Waals surface area contributed by atoms with Crippen molar-refractivity contribution >= 4 is 29.0 Å². The summed E-state index contributed by atoms with van der Waals surface area (Å²) in [6, 6.07) is 18.5. The van der Waals surface area contributed by atoms with Gasteiger partial charge >= 0.3 is 6.03 Å². The van der Waals surface area contributed by atoms with Crippen LogP contribution in [0.5, 0.6) is 5.75 Å². The fourth-order valence-electron chi connectivity index (χ4n) is 5.44. The number of urea groups is 1. The molecule has 5 rings (SSSR count). The maximum Gasteiger partial charge on any atom is 0.326 e. The van der Waals surface area contributed by atoms with E-state index in [2.05, 4.69) is 36.5 Å². The standard InChI is InChI=1S/C30H32ClFN2O2/c1-3-20-4-6-21(7-5-20)22-8-10-23(11-9-22)24-12-15-28-29(16-24)36-19(2)18-34(28)30(35)33-27-14-13-25(31)17-26(27)32/h8-17,19-21H,3-7,18H2,1-2H3,(H,33,35). The number of nitrogens with zero attached hydrogens (tertiary/aromatic N) is 1. The third-order valence-corrected chi connectivity index (χ3v) is 7.81. The fourth-order valence-corrected chi connectivity index (χ4v) is 5.60. The molecule has 6 heteroatoms.